The standard InChI is InChI=1S/C11H13F3N4O/c1-7(19)17-4-10(5-17)2-8(3-10)18-6-15-9(16-18)11(12,13)14/h6,8H,2-5H2,1H3. The van der Waals surface area contributed by atoms with Crippen LogP contribution in [0.3, 0.4) is 0 Å². The largest absolute Gasteiger partial charge is 0.453 e. The highest BCUT2D eigenvalue weighted by Gasteiger charge is 2.54. The molecule has 0 bridgehead atoms. The second kappa shape index (κ2) is 3.71. The molecule has 19 heavy (non-hydrogen) atoms. The third kappa shape index (κ3) is 1.98. The number of nitrogens with zero attached hydrogens (tertiary/aromatic N) is 4. The number of aromatic nitrogens is 3. The molecule has 2 heterocycles. The Hall–Kier alpha value is -1.60. The predicted octanol–water partition coefficient (Wildman–Crippen LogP) is 1.48. The van der Waals surface area contributed by atoms with E-state index in [2.05, 4.69) is 10.1 Å². The van der Waals surface area contributed by atoms with E-state index in [0.29, 0.717) is 13.1 Å². The number of amides is 1. The summed E-state index contributed by atoms with van der Waals surface area (Å²) in [7, 11) is 0. The fourth-order valence-corrected chi connectivity index (χ4v) is 2.95. The van der Waals surface area contributed by atoms with Crippen molar-refractivity contribution >= 4 is 5.91 Å². The van der Waals surface area contributed by atoms with Gasteiger partial charge in [-0.05, 0) is 12.8 Å². The second-order valence-corrected chi connectivity index (χ2v) is 5.48. The molecule has 1 aliphatic heterocycles. The quantitative estimate of drug-likeness (QED) is 0.779. The first-order chi connectivity index (χ1) is 8.79. The molecule has 1 amide bonds. The molecular weight excluding hydrogens is 261 g/mol. The first-order valence-electron chi connectivity index (χ1n) is 6.03. The summed E-state index contributed by atoms with van der Waals surface area (Å²) >= 11 is 0. The molecule has 0 radical (unpaired) electrons. The van der Waals surface area contributed by atoms with Gasteiger partial charge in [0.05, 0.1) is 6.04 Å². The topological polar surface area (TPSA) is 51.0 Å². The van der Waals surface area contributed by atoms with E-state index in [1.54, 1.807) is 4.90 Å². The number of halogens is 3. The first-order valence-corrected chi connectivity index (χ1v) is 6.03. The van der Waals surface area contributed by atoms with Gasteiger partial charge in [0.15, 0.2) is 0 Å². The zero-order valence-electron chi connectivity index (χ0n) is 10.3. The molecule has 1 aromatic heterocycles. The highest BCUT2D eigenvalue weighted by Crippen LogP contribution is 2.53. The molecule has 0 N–H and O–H groups in total. The number of rotatable bonds is 1. The lowest BCUT2D eigenvalue weighted by Gasteiger charge is -2.58. The minimum Gasteiger partial charge on any atom is -0.342 e. The molecule has 1 saturated heterocycles. The van der Waals surface area contributed by atoms with Crippen LogP contribution in [-0.2, 0) is 11.0 Å². The zero-order valence-corrected chi connectivity index (χ0v) is 10.3. The fourth-order valence-electron chi connectivity index (χ4n) is 2.95. The van der Waals surface area contributed by atoms with Crippen molar-refractivity contribution in [1.29, 1.82) is 0 Å². The molecule has 1 saturated carbocycles. The van der Waals surface area contributed by atoms with Crippen LogP contribution in [0.5, 0.6) is 0 Å². The van der Waals surface area contributed by atoms with Crippen molar-refractivity contribution in [3.8, 4) is 0 Å². The molecule has 3 rings (SSSR count). The van der Waals surface area contributed by atoms with E-state index in [-0.39, 0.29) is 17.4 Å². The minimum atomic E-state index is -4.49. The van der Waals surface area contributed by atoms with Crippen LogP contribution < -0.4 is 0 Å². The molecule has 8 heteroatoms. The first kappa shape index (κ1) is 12.4. The lowest BCUT2D eigenvalue weighted by Crippen LogP contribution is -2.63. The number of carbonyl (C=O) groups excluding carboxylic acids is 1. The van der Waals surface area contributed by atoms with E-state index in [1.165, 1.54) is 11.6 Å². The van der Waals surface area contributed by atoms with Gasteiger partial charge in [-0.3, -0.25) is 4.79 Å². The van der Waals surface area contributed by atoms with Crippen LogP contribution in [0, 0.1) is 5.41 Å². The van der Waals surface area contributed by atoms with Gasteiger partial charge in [-0.15, -0.1) is 5.10 Å². The summed E-state index contributed by atoms with van der Waals surface area (Å²) in [5.74, 6) is -1.04. The molecule has 104 valence electrons. The van der Waals surface area contributed by atoms with Crippen molar-refractivity contribution in [2.75, 3.05) is 13.1 Å². The Morgan fingerprint density at radius 1 is 1.42 bits per heavy atom. The fraction of sp³-hybridized carbons (Fsp3) is 0.727. The van der Waals surface area contributed by atoms with Crippen LogP contribution >= 0.6 is 0 Å². The Balaban J connectivity index is 1.60. The number of alkyl halides is 3. The van der Waals surface area contributed by atoms with Gasteiger partial charge in [0.25, 0.3) is 5.82 Å². The number of hydrogen-bond acceptors (Lipinski definition) is 3. The average molecular weight is 274 g/mol. The molecule has 0 aromatic carbocycles. The lowest BCUT2D eigenvalue weighted by molar-refractivity contribution is -0.153. The van der Waals surface area contributed by atoms with Crippen LogP contribution in [0.1, 0.15) is 31.6 Å². The van der Waals surface area contributed by atoms with Gasteiger partial charge >= 0.3 is 6.18 Å². The summed E-state index contributed by atoms with van der Waals surface area (Å²) in [6, 6.07) is -0.0299. The van der Waals surface area contributed by atoms with E-state index >= 15 is 0 Å². The Morgan fingerprint density at radius 2 is 2.05 bits per heavy atom. The van der Waals surface area contributed by atoms with Crippen LogP contribution in [0.2, 0.25) is 0 Å². The van der Waals surface area contributed by atoms with Crippen molar-refractivity contribution in [2.45, 2.75) is 32.0 Å². The Kier molecular flexibility index (Phi) is 2.42. The normalized spacial score (nSPS) is 22.2. The highest BCUT2D eigenvalue weighted by molar-refractivity contribution is 5.74. The Bertz CT molecular complexity index is 510. The van der Waals surface area contributed by atoms with E-state index < -0.39 is 12.0 Å². The van der Waals surface area contributed by atoms with Gasteiger partial charge in [0.1, 0.15) is 6.33 Å². The molecule has 2 fully saturated rings. The summed E-state index contributed by atoms with van der Waals surface area (Å²) in [5.41, 5.74) is 0.0979. The summed E-state index contributed by atoms with van der Waals surface area (Å²) < 4.78 is 38.4. The van der Waals surface area contributed by atoms with E-state index in [1.807, 2.05) is 0 Å². The van der Waals surface area contributed by atoms with Crippen LogP contribution in [0.15, 0.2) is 6.33 Å². The van der Waals surface area contributed by atoms with Crippen molar-refractivity contribution in [3.63, 3.8) is 0 Å². The monoisotopic (exact) mass is 274 g/mol. The Morgan fingerprint density at radius 3 is 2.53 bits per heavy atom. The zero-order chi connectivity index (χ0) is 13.8. The summed E-state index contributed by atoms with van der Waals surface area (Å²) in [4.78, 5) is 16.1. The molecule has 1 aliphatic carbocycles. The molecule has 2 aliphatic rings. The van der Waals surface area contributed by atoms with Crippen molar-refractivity contribution < 1.29 is 18.0 Å². The third-order valence-corrected chi connectivity index (χ3v) is 3.97. The number of likely N-dealkylation sites (tertiary alicyclic amines) is 1. The molecule has 1 aromatic rings. The smallest absolute Gasteiger partial charge is 0.342 e. The van der Waals surface area contributed by atoms with Gasteiger partial charge in [-0.1, -0.05) is 0 Å². The maximum atomic E-state index is 12.4. The number of carbonyl (C=O) groups is 1. The van der Waals surface area contributed by atoms with Crippen LogP contribution in [-0.4, -0.2) is 38.7 Å². The van der Waals surface area contributed by atoms with Gasteiger partial charge in [0, 0.05) is 25.4 Å². The van der Waals surface area contributed by atoms with Crippen molar-refractivity contribution in [1.82, 2.24) is 19.7 Å². The molecular formula is C11H13F3N4O. The van der Waals surface area contributed by atoms with Gasteiger partial charge < -0.3 is 4.90 Å². The van der Waals surface area contributed by atoms with Crippen LogP contribution in [0.4, 0.5) is 13.2 Å². The van der Waals surface area contributed by atoms with Gasteiger partial charge in [-0.25, -0.2) is 9.67 Å². The third-order valence-electron chi connectivity index (χ3n) is 3.97. The van der Waals surface area contributed by atoms with Gasteiger partial charge in [0.2, 0.25) is 5.91 Å². The second-order valence-electron chi connectivity index (χ2n) is 5.48. The van der Waals surface area contributed by atoms with E-state index in [9.17, 15) is 18.0 Å². The molecule has 0 unspecified atom stereocenters. The maximum Gasteiger partial charge on any atom is 0.453 e. The maximum absolute atomic E-state index is 12.4. The predicted molar refractivity (Wildman–Crippen MR) is 58.0 cm³/mol. The lowest BCUT2D eigenvalue weighted by atomic mass is 9.60. The summed E-state index contributed by atoms with van der Waals surface area (Å²) in [5, 5.41) is 3.48. The summed E-state index contributed by atoms with van der Waals surface area (Å²) in [6.07, 6.45) is -1.83. The van der Waals surface area contributed by atoms with Crippen molar-refractivity contribution in [2.24, 2.45) is 5.41 Å². The molecule has 0 atom stereocenters. The SMILES string of the molecule is CC(=O)N1CC2(CC(n3cnc(C(F)(F)F)n3)C2)C1. The average Bonchev–Trinajstić information content (AvgIpc) is 2.60. The number of hydrogen-bond donors (Lipinski definition) is 0. The Labute approximate surface area is 107 Å². The van der Waals surface area contributed by atoms with Gasteiger partial charge in [-0.2, -0.15) is 13.2 Å². The van der Waals surface area contributed by atoms with E-state index in [0.717, 1.165) is 19.2 Å². The highest BCUT2D eigenvalue weighted by atomic mass is 19.4. The molecule has 5 nitrogen and oxygen atoms in total. The van der Waals surface area contributed by atoms with Crippen LogP contribution in [0.25, 0.3) is 0 Å². The van der Waals surface area contributed by atoms with Crippen molar-refractivity contribution in [3.05, 3.63) is 12.2 Å². The summed E-state index contributed by atoms with van der Waals surface area (Å²) in [6.45, 7) is 2.94. The molecule has 1 spiro atoms. The van der Waals surface area contributed by atoms with E-state index in [4.69, 9.17) is 0 Å². The minimum absolute atomic E-state index is 0.0299.